The highest BCUT2D eigenvalue weighted by atomic mass is 19.1. The third kappa shape index (κ3) is 5.93. The Bertz CT molecular complexity index is 1670. The number of benzene rings is 3. The van der Waals surface area contributed by atoms with Gasteiger partial charge in [0.15, 0.2) is 0 Å². The summed E-state index contributed by atoms with van der Waals surface area (Å²) in [6, 6.07) is 18.5. The highest BCUT2D eigenvalue weighted by molar-refractivity contribution is 5.50. The van der Waals surface area contributed by atoms with E-state index in [1.807, 2.05) is 35.2 Å². The number of piperazine rings is 1. The van der Waals surface area contributed by atoms with Crippen LogP contribution in [-0.4, -0.2) is 40.2 Å². The summed E-state index contributed by atoms with van der Waals surface area (Å²) >= 11 is 0. The molecule has 1 aromatic heterocycles. The van der Waals surface area contributed by atoms with Crippen LogP contribution in [0.1, 0.15) is 39.6 Å². The summed E-state index contributed by atoms with van der Waals surface area (Å²) in [5.41, 5.74) is 10.4. The number of aryl methyl sites for hydroxylation is 1. The Balaban J connectivity index is 1.50. The van der Waals surface area contributed by atoms with Crippen molar-refractivity contribution in [3.8, 4) is 0 Å². The maximum atomic E-state index is 14.7. The average Bonchev–Trinajstić information content (AvgIpc) is 2.98. The van der Waals surface area contributed by atoms with Gasteiger partial charge in [0, 0.05) is 50.0 Å². The highest BCUT2D eigenvalue weighted by Crippen LogP contribution is 2.22. The molecule has 0 radical (unpaired) electrons. The van der Waals surface area contributed by atoms with E-state index >= 15 is 0 Å². The molecule has 42 heavy (non-hydrogen) atoms. The Kier molecular flexibility index (Phi) is 8.70. The Morgan fingerprint density at radius 1 is 0.786 bits per heavy atom. The van der Waals surface area contributed by atoms with E-state index in [9.17, 15) is 18.4 Å². The maximum Gasteiger partial charge on any atom is 0.331 e. The molecule has 7 nitrogen and oxygen atoms in total. The van der Waals surface area contributed by atoms with E-state index in [1.54, 1.807) is 6.92 Å². The van der Waals surface area contributed by atoms with Gasteiger partial charge in [-0.3, -0.25) is 18.8 Å². The zero-order valence-electron chi connectivity index (χ0n) is 24.3. The summed E-state index contributed by atoms with van der Waals surface area (Å²) in [5, 5.41) is 0. The lowest BCUT2D eigenvalue weighted by Gasteiger charge is -2.37. The predicted molar refractivity (Wildman–Crippen MR) is 162 cm³/mol. The monoisotopic (exact) mass is 573 g/mol. The third-order valence-electron chi connectivity index (χ3n) is 8.44. The van der Waals surface area contributed by atoms with Crippen LogP contribution in [0.3, 0.4) is 0 Å². The van der Waals surface area contributed by atoms with Crippen molar-refractivity contribution in [2.75, 3.05) is 31.1 Å². The lowest BCUT2D eigenvalue weighted by molar-refractivity contribution is 0.248. The predicted octanol–water partition coefficient (Wildman–Crippen LogP) is 4.28. The Morgan fingerprint density at radius 2 is 1.43 bits per heavy atom. The van der Waals surface area contributed by atoms with Crippen molar-refractivity contribution in [2.24, 2.45) is 5.73 Å². The molecule has 0 spiro atoms. The lowest BCUT2D eigenvalue weighted by atomic mass is 10.0. The Hall–Kier alpha value is -4.08. The van der Waals surface area contributed by atoms with Crippen LogP contribution < -0.4 is 21.9 Å². The van der Waals surface area contributed by atoms with Crippen molar-refractivity contribution in [3.05, 3.63) is 133 Å². The van der Waals surface area contributed by atoms with Gasteiger partial charge in [0.1, 0.15) is 17.3 Å². The molecule has 3 aromatic carbocycles. The molecule has 1 atom stereocenters. The van der Waals surface area contributed by atoms with E-state index in [2.05, 4.69) is 36.9 Å². The van der Waals surface area contributed by atoms with Crippen molar-refractivity contribution in [3.63, 3.8) is 0 Å². The van der Waals surface area contributed by atoms with Crippen LogP contribution >= 0.6 is 0 Å². The number of nitrogens with two attached hydrogens (primary N) is 1. The van der Waals surface area contributed by atoms with E-state index < -0.39 is 28.9 Å². The molecule has 1 saturated heterocycles. The maximum absolute atomic E-state index is 14.7. The molecule has 0 amide bonds. The molecular weight excluding hydrogens is 536 g/mol. The summed E-state index contributed by atoms with van der Waals surface area (Å²) in [7, 11) is 0. The third-order valence-corrected chi connectivity index (χ3v) is 8.44. The van der Waals surface area contributed by atoms with Crippen LogP contribution in [0, 0.1) is 32.4 Å². The first kappa shape index (κ1) is 29.4. The van der Waals surface area contributed by atoms with Crippen molar-refractivity contribution < 1.29 is 8.78 Å². The molecule has 0 saturated carbocycles. The molecule has 1 fully saturated rings. The summed E-state index contributed by atoms with van der Waals surface area (Å²) < 4.78 is 31.8. The normalized spacial score (nSPS) is 14.8. The number of hydrogen-bond donors (Lipinski definition) is 1. The fourth-order valence-corrected chi connectivity index (χ4v) is 5.70. The van der Waals surface area contributed by atoms with Gasteiger partial charge in [0.25, 0.3) is 5.56 Å². The standard InChI is InChI=1S/C33H37F2N5O2/c1-22-9-7-12-26(23(22)2)19-37-15-17-38(18-16-37)31-24(3)39(20-27-28(34)13-8-14-29(27)35)33(42)40(32(31)41)21-30(36)25-10-5-4-6-11-25/h4-14,30H,15-21,36H2,1-3H3. The van der Waals surface area contributed by atoms with Gasteiger partial charge in [0.2, 0.25) is 0 Å². The molecule has 0 bridgehead atoms. The summed E-state index contributed by atoms with van der Waals surface area (Å²) in [4.78, 5) is 32.0. The number of halogens is 2. The summed E-state index contributed by atoms with van der Waals surface area (Å²) in [5.74, 6) is -1.50. The van der Waals surface area contributed by atoms with E-state index in [0.717, 1.165) is 41.9 Å². The molecule has 2 heterocycles. The largest absolute Gasteiger partial charge is 0.363 e. The van der Waals surface area contributed by atoms with Gasteiger partial charge in [-0.05, 0) is 55.2 Å². The molecule has 4 aromatic rings. The first-order valence-electron chi connectivity index (χ1n) is 14.3. The summed E-state index contributed by atoms with van der Waals surface area (Å²) in [6.07, 6.45) is 0. The van der Waals surface area contributed by atoms with Crippen LogP contribution in [0.4, 0.5) is 14.5 Å². The number of nitrogens with zero attached hydrogens (tertiary/aromatic N) is 4. The quantitative estimate of drug-likeness (QED) is 0.341. The van der Waals surface area contributed by atoms with E-state index in [4.69, 9.17) is 5.73 Å². The molecule has 9 heteroatoms. The molecule has 1 aliphatic rings. The van der Waals surface area contributed by atoms with Gasteiger partial charge < -0.3 is 10.6 Å². The van der Waals surface area contributed by atoms with Crippen LogP contribution in [0.25, 0.3) is 0 Å². The number of hydrogen-bond acceptors (Lipinski definition) is 5. The minimum Gasteiger partial charge on any atom is -0.363 e. The van der Waals surface area contributed by atoms with Gasteiger partial charge in [-0.1, -0.05) is 54.6 Å². The molecule has 1 aliphatic heterocycles. The summed E-state index contributed by atoms with van der Waals surface area (Å²) in [6.45, 7) is 8.88. The molecule has 220 valence electrons. The van der Waals surface area contributed by atoms with Gasteiger partial charge in [-0.2, -0.15) is 0 Å². The van der Waals surface area contributed by atoms with Crippen LogP contribution in [0.5, 0.6) is 0 Å². The molecule has 0 aliphatic carbocycles. The van der Waals surface area contributed by atoms with E-state index in [1.165, 1.54) is 27.3 Å². The molecule has 5 rings (SSSR count). The highest BCUT2D eigenvalue weighted by Gasteiger charge is 2.27. The first-order chi connectivity index (χ1) is 20.2. The topological polar surface area (TPSA) is 76.5 Å². The zero-order valence-corrected chi connectivity index (χ0v) is 24.3. The van der Waals surface area contributed by atoms with Gasteiger partial charge in [0.05, 0.1) is 13.1 Å². The first-order valence-corrected chi connectivity index (χ1v) is 14.3. The minimum absolute atomic E-state index is 0.0681. The minimum atomic E-state index is -0.748. The lowest BCUT2D eigenvalue weighted by Crippen LogP contribution is -2.51. The molecule has 1 unspecified atom stereocenters. The fraction of sp³-hybridized carbons (Fsp3) is 0.333. The number of aromatic nitrogens is 2. The second-order valence-corrected chi connectivity index (χ2v) is 11.1. The number of anilines is 1. The Morgan fingerprint density at radius 3 is 2.10 bits per heavy atom. The van der Waals surface area contributed by atoms with Gasteiger partial charge in [-0.15, -0.1) is 0 Å². The zero-order chi connectivity index (χ0) is 30.0. The van der Waals surface area contributed by atoms with E-state index in [-0.39, 0.29) is 18.7 Å². The van der Waals surface area contributed by atoms with Gasteiger partial charge in [-0.25, -0.2) is 13.6 Å². The van der Waals surface area contributed by atoms with Crippen LogP contribution in [0.2, 0.25) is 0 Å². The van der Waals surface area contributed by atoms with Crippen molar-refractivity contribution in [1.82, 2.24) is 14.0 Å². The second kappa shape index (κ2) is 12.4. The van der Waals surface area contributed by atoms with Crippen LogP contribution in [-0.2, 0) is 19.6 Å². The smallest absolute Gasteiger partial charge is 0.331 e. The van der Waals surface area contributed by atoms with Crippen molar-refractivity contribution in [1.29, 1.82) is 0 Å². The number of rotatable bonds is 8. The van der Waals surface area contributed by atoms with Crippen molar-refractivity contribution in [2.45, 2.75) is 46.4 Å². The van der Waals surface area contributed by atoms with Gasteiger partial charge >= 0.3 is 5.69 Å². The van der Waals surface area contributed by atoms with Crippen molar-refractivity contribution >= 4 is 5.69 Å². The molecular formula is C33H37F2N5O2. The second-order valence-electron chi connectivity index (χ2n) is 11.1. The van der Waals surface area contributed by atoms with Crippen LogP contribution in [0.15, 0.2) is 76.3 Å². The van der Waals surface area contributed by atoms with E-state index in [0.29, 0.717) is 24.5 Å². The molecule has 2 N–H and O–H groups in total. The Labute approximate surface area is 244 Å². The average molecular weight is 574 g/mol. The fourth-order valence-electron chi connectivity index (χ4n) is 5.70. The SMILES string of the molecule is Cc1cccc(CN2CCN(c3c(C)n(Cc4c(F)cccc4F)c(=O)n(CC(N)c4ccccc4)c3=O)CC2)c1C.